The van der Waals surface area contributed by atoms with E-state index in [1.807, 2.05) is 6.92 Å². The first-order valence-electron chi connectivity index (χ1n) is 9.16. The molecule has 1 aromatic rings. The first-order valence-corrected chi connectivity index (χ1v) is 10.1. The zero-order chi connectivity index (χ0) is 22.0. The van der Waals surface area contributed by atoms with Crippen molar-refractivity contribution in [2.24, 2.45) is 10.9 Å². The van der Waals surface area contributed by atoms with Crippen LogP contribution in [0.5, 0.6) is 0 Å². The topological polar surface area (TPSA) is 111 Å². The minimum Gasteiger partial charge on any atom is -0.326 e. The van der Waals surface area contributed by atoms with E-state index in [1.165, 1.54) is 30.3 Å². The highest BCUT2D eigenvalue weighted by Crippen LogP contribution is 2.34. The van der Waals surface area contributed by atoms with Gasteiger partial charge in [0.05, 0.1) is 19.8 Å². The fourth-order valence-electron chi connectivity index (χ4n) is 3.18. The number of amidine groups is 1. The van der Waals surface area contributed by atoms with E-state index in [1.54, 1.807) is 37.5 Å². The van der Waals surface area contributed by atoms with Gasteiger partial charge in [-0.2, -0.15) is 9.48 Å². The molecule has 1 atom stereocenters. The summed E-state index contributed by atoms with van der Waals surface area (Å²) in [7, 11) is 3.01. The molecule has 2 heterocycles. The molecule has 1 unspecified atom stereocenters. The van der Waals surface area contributed by atoms with Crippen LogP contribution in [0, 0.1) is 5.92 Å². The van der Waals surface area contributed by atoms with Gasteiger partial charge in [-0.3, -0.25) is 14.4 Å². The molecule has 0 aromatic heterocycles. The summed E-state index contributed by atoms with van der Waals surface area (Å²) < 4.78 is 1.35. The zero-order valence-electron chi connectivity index (χ0n) is 17.1. The third-order valence-corrected chi connectivity index (χ3v) is 5.90. The maximum absolute atomic E-state index is 12.7. The van der Waals surface area contributed by atoms with Gasteiger partial charge in [0.25, 0.3) is 5.84 Å². The zero-order valence-corrected chi connectivity index (χ0v) is 17.9. The number of carbonyl (C=O) groups is 4. The highest BCUT2D eigenvalue weighted by Gasteiger charge is 2.47. The molecule has 10 heteroatoms. The van der Waals surface area contributed by atoms with Gasteiger partial charge in [0.2, 0.25) is 11.8 Å². The molecule has 1 aromatic carbocycles. The number of nitrogens with zero attached hydrogens (tertiary/aromatic N) is 3. The molecular weight excluding hydrogens is 406 g/mol. The van der Waals surface area contributed by atoms with Crippen LogP contribution >= 0.6 is 11.8 Å². The van der Waals surface area contributed by atoms with Gasteiger partial charge in [0, 0.05) is 23.2 Å². The Labute approximate surface area is 177 Å². The number of imide groups is 1. The number of urea groups is 1. The monoisotopic (exact) mass is 428 g/mol. The summed E-state index contributed by atoms with van der Waals surface area (Å²) in [6.07, 6.45) is 1.60. The second kappa shape index (κ2) is 8.62. The largest absolute Gasteiger partial charge is 0.445 e. The number of benzene rings is 1. The van der Waals surface area contributed by atoms with Gasteiger partial charge in [-0.05, 0) is 30.7 Å². The lowest BCUT2D eigenvalue weighted by molar-refractivity contribution is -0.407. The van der Waals surface area contributed by atoms with Gasteiger partial charge >= 0.3 is 11.9 Å². The van der Waals surface area contributed by atoms with Crippen molar-refractivity contribution in [3.05, 3.63) is 34.7 Å². The Balaban J connectivity index is 1.73. The minimum absolute atomic E-state index is 0.0727. The first-order chi connectivity index (χ1) is 14.2. The van der Waals surface area contributed by atoms with Crippen molar-refractivity contribution in [2.45, 2.75) is 13.8 Å². The fourth-order valence-corrected chi connectivity index (χ4v) is 4.19. The molecule has 30 heavy (non-hydrogen) atoms. The smallest absolute Gasteiger partial charge is 0.326 e. The van der Waals surface area contributed by atoms with Crippen LogP contribution < -0.4 is 10.6 Å². The lowest BCUT2D eigenvalue weighted by Gasteiger charge is -2.27. The van der Waals surface area contributed by atoms with Crippen LogP contribution in [0.1, 0.15) is 13.8 Å². The Bertz CT molecular complexity index is 1040. The number of anilines is 2. The van der Waals surface area contributed by atoms with E-state index in [9.17, 15) is 19.2 Å². The molecule has 0 fully saturated rings. The second-order valence-electron chi connectivity index (χ2n) is 6.93. The van der Waals surface area contributed by atoms with E-state index in [4.69, 9.17) is 0 Å². The number of dihydropyridines is 1. The lowest BCUT2D eigenvalue weighted by atomic mass is 9.99. The Kier molecular flexibility index (Phi) is 6.16. The number of thioether (sulfide) groups is 1. The average molecular weight is 428 g/mol. The van der Waals surface area contributed by atoms with Crippen LogP contribution in [0.4, 0.5) is 16.2 Å². The number of fused-ring (bicyclic) bond motifs is 1. The SMILES string of the molecule is CC(=O)Nc1cccc(NC(=O)CSC2=C(C)C=NC3=[N+](C)C(=O)N(C)C(=O)C23)c1. The van der Waals surface area contributed by atoms with Gasteiger partial charge in [-0.15, -0.1) is 16.8 Å². The number of hydrogen-bond donors (Lipinski definition) is 2. The maximum atomic E-state index is 12.7. The third-order valence-electron chi connectivity index (χ3n) is 4.62. The van der Waals surface area contributed by atoms with E-state index in [2.05, 4.69) is 15.6 Å². The molecular formula is C20H22N5O4S+. The molecule has 5 amide bonds. The van der Waals surface area contributed by atoms with Crippen LogP contribution in [-0.4, -0.2) is 65.1 Å². The molecule has 0 saturated heterocycles. The summed E-state index contributed by atoms with van der Waals surface area (Å²) in [5.74, 6) is -1.10. The van der Waals surface area contributed by atoms with Crippen molar-refractivity contribution in [1.82, 2.24) is 4.90 Å². The van der Waals surface area contributed by atoms with E-state index < -0.39 is 11.9 Å². The fraction of sp³-hybridized carbons (Fsp3) is 0.300. The van der Waals surface area contributed by atoms with Crippen molar-refractivity contribution in [2.75, 3.05) is 30.5 Å². The minimum atomic E-state index is -0.705. The quantitative estimate of drug-likeness (QED) is 0.696. The molecule has 2 aliphatic heterocycles. The number of hydrogen-bond acceptors (Lipinski definition) is 6. The Morgan fingerprint density at radius 1 is 1.23 bits per heavy atom. The van der Waals surface area contributed by atoms with Gasteiger partial charge in [0.15, 0.2) is 5.92 Å². The van der Waals surface area contributed by atoms with Crippen molar-refractivity contribution >= 4 is 58.9 Å². The molecule has 9 nitrogen and oxygen atoms in total. The standard InChI is InChI=1S/C20H21N5O4S/c1-11-9-21-18-16(19(28)25(4)20(29)24(18)3)17(11)30-10-15(27)23-14-7-5-6-13(8-14)22-12(2)26/h5-9,16H,10H2,1-4H3,(H-,22,23,26,27)/p+1. The number of aliphatic imine (C=N–C) groups is 1. The summed E-state index contributed by atoms with van der Waals surface area (Å²) in [6.45, 7) is 3.23. The van der Waals surface area contributed by atoms with Crippen LogP contribution in [0.2, 0.25) is 0 Å². The lowest BCUT2D eigenvalue weighted by Crippen LogP contribution is -2.52. The van der Waals surface area contributed by atoms with Crippen LogP contribution in [0.15, 0.2) is 39.7 Å². The van der Waals surface area contributed by atoms with Gasteiger partial charge in [-0.1, -0.05) is 6.07 Å². The molecule has 3 rings (SSSR count). The van der Waals surface area contributed by atoms with E-state index >= 15 is 0 Å². The van der Waals surface area contributed by atoms with Gasteiger partial charge in [-0.25, -0.2) is 4.79 Å². The van der Waals surface area contributed by atoms with Crippen LogP contribution in [0.25, 0.3) is 0 Å². The van der Waals surface area contributed by atoms with Crippen molar-refractivity contribution in [1.29, 1.82) is 0 Å². The van der Waals surface area contributed by atoms with E-state index in [0.29, 0.717) is 22.1 Å². The predicted octanol–water partition coefficient (Wildman–Crippen LogP) is 1.92. The number of allylic oxidation sites excluding steroid dienone is 1. The number of nitrogens with one attached hydrogen (secondary N) is 2. The second-order valence-corrected chi connectivity index (χ2v) is 7.95. The molecule has 0 spiro atoms. The Hall–Kier alpha value is -3.27. The molecule has 0 saturated carbocycles. The van der Waals surface area contributed by atoms with Gasteiger partial charge < -0.3 is 10.6 Å². The van der Waals surface area contributed by atoms with Crippen molar-refractivity contribution < 1.29 is 23.8 Å². The van der Waals surface area contributed by atoms with E-state index in [-0.39, 0.29) is 23.5 Å². The average Bonchev–Trinajstić information content (AvgIpc) is 2.69. The molecule has 2 N–H and O–H groups in total. The summed E-state index contributed by atoms with van der Waals surface area (Å²) in [5.41, 5.74) is 1.91. The number of rotatable bonds is 5. The van der Waals surface area contributed by atoms with Crippen molar-refractivity contribution in [3.63, 3.8) is 0 Å². The van der Waals surface area contributed by atoms with Crippen LogP contribution in [0.3, 0.4) is 0 Å². The highest BCUT2D eigenvalue weighted by molar-refractivity contribution is 8.03. The molecule has 0 aliphatic carbocycles. The number of amides is 5. The van der Waals surface area contributed by atoms with E-state index in [0.717, 1.165) is 10.5 Å². The number of carbonyl (C=O) groups excluding carboxylic acids is 4. The summed E-state index contributed by atoms with van der Waals surface area (Å²) in [6, 6.07) is 6.39. The van der Waals surface area contributed by atoms with Crippen molar-refractivity contribution in [3.8, 4) is 0 Å². The predicted molar refractivity (Wildman–Crippen MR) is 116 cm³/mol. The Morgan fingerprint density at radius 3 is 2.57 bits per heavy atom. The first kappa shape index (κ1) is 21.4. The summed E-state index contributed by atoms with van der Waals surface area (Å²) >= 11 is 1.24. The summed E-state index contributed by atoms with van der Waals surface area (Å²) in [5, 5.41) is 5.45. The summed E-state index contributed by atoms with van der Waals surface area (Å²) in [4.78, 5) is 54.6. The third kappa shape index (κ3) is 4.33. The van der Waals surface area contributed by atoms with Crippen LogP contribution in [-0.2, 0) is 14.4 Å². The molecule has 0 bridgehead atoms. The molecule has 156 valence electrons. The molecule has 0 radical (unpaired) electrons. The highest BCUT2D eigenvalue weighted by atomic mass is 32.2. The Morgan fingerprint density at radius 2 is 1.90 bits per heavy atom. The molecule has 2 aliphatic rings. The maximum Gasteiger partial charge on any atom is 0.445 e. The van der Waals surface area contributed by atoms with Gasteiger partial charge in [0.1, 0.15) is 6.21 Å². The normalized spacial score (nSPS) is 18.5.